The minimum absolute atomic E-state index is 0.0491. The molecule has 33 heavy (non-hydrogen) atoms. The molecule has 0 heterocycles. The van der Waals surface area contributed by atoms with Crippen molar-refractivity contribution in [2.75, 3.05) is 41.5 Å². The number of ether oxygens (including phenoxy) is 4. The molecule has 0 radical (unpaired) electrons. The quantitative estimate of drug-likeness (QED) is 0.308. The van der Waals surface area contributed by atoms with E-state index < -0.39 is 0 Å². The van der Waals surface area contributed by atoms with Crippen LogP contribution in [-0.4, -0.2) is 47.8 Å². The zero-order valence-corrected chi connectivity index (χ0v) is 21.3. The first kappa shape index (κ1) is 26.8. The van der Waals surface area contributed by atoms with Crippen molar-refractivity contribution in [1.82, 2.24) is 5.32 Å². The maximum atomic E-state index is 11.5. The lowest BCUT2D eigenvalue weighted by atomic mass is 9.61. The number of aldehydes is 1. The van der Waals surface area contributed by atoms with Crippen LogP contribution < -0.4 is 14.8 Å². The molecule has 0 fully saturated rings. The summed E-state index contributed by atoms with van der Waals surface area (Å²) < 4.78 is 22.1. The Morgan fingerprint density at radius 3 is 2.18 bits per heavy atom. The van der Waals surface area contributed by atoms with Crippen molar-refractivity contribution in [3.63, 3.8) is 0 Å². The Bertz CT molecular complexity index is 810. The number of rotatable bonds is 14. The lowest BCUT2D eigenvalue weighted by molar-refractivity contribution is -0.109. The molecule has 2 rings (SSSR count). The van der Waals surface area contributed by atoms with Crippen molar-refractivity contribution < 1.29 is 23.7 Å². The highest BCUT2D eigenvalue weighted by molar-refractivity contribution is 5.52. The zero-order valence-electron chi connectivity index (χ0n) is 21.3. The monoisotopic (exact) mass is 459 g/mol. The zero-order chi connectivity index (χ0) is 24.4. The lowest BCUT2D eigenvalue weighted by Crippen LogP contribution is -2.40. The van der Waals surface area contributed by atoms with Gasteiger partial charge < -0.3 is 29.1 Å². The van der Waals surface area contributed by atoms with Crippen molar-refractivity contribution in [3.8, 4) is 11.5 Å². The van der Waals surface area contributed by atoms with E-state index in [-0.39, 0.29) is 11.3 Å². The summed E-state index contributed by atoms with van der Waals surface area (Å²) in [5, 5.41) is 3.60. The molecule has 0 amide bonds. The van der Waals surface area contributed by atoms with Crippen molar-refractivity contribution in [2.24, 2.45) is 17.3 Å². The highest BCUT2D eigenvalue weighted by atomic mass is 16.5. The molecule has 0 saturated carbocycles. The Balaban J connectivity index is 2.04. The molecule has 184 valence electrons. The fourth-order valence-corrected chi connectivity index (χ4v) is 4.97. The summed E-state index contributed by atoms with van der Waals surface area (Å²) in [6.45, 7) is 8.35. The number of hydrogen-bond donors (Lipinski definition) is 1. The number of nitrogens with one attached hydrogen (secondary N) is 1. The molecular formula is C27H41NO5. The standard InChI is InChI=1S/C27H41NO5/c1-19(2)27(22(9-12-29)15-25(32-6)17-26(27)33-7)10-8-11-28-18-20(3)21-13-23(30-4)16-24(14-21)31-5/h12-17,19-20,22,28H,8-11,18H2,1-7H3. The summed E-state index contributed by atoms with van der Waals surface area (Å²) in [6.07, 6.45) is 7.42. The normalized spacial score (nSPS) is 21.2. The van der Waals surface area contributed by atoms with Crippen LogP contribution in [0, 0.1) is 17.3 Å². The second-order valence-corrected chi connectivity index (χ2v) is 9.04. The van der Waals surface area contributed by atoms with Crippen molar-refractivity contribution in [3.05, 3.63) is 47.4 Å². The molecule has 0 bridgehead atoms. The van der Waals surface area contributed by atoms with Crippen molar-refractivity contribution >= 4 is 6.29 Å². The third-order valence-corrected chi connectivity index (χ3v) is 6.93. The summed E-state index contributed by atoms with van der Waals surface area (Å²) in [4.78, 5) is 11.5. The van der Waals surface area contributed by atoms with E-state index in [1.165, 1.54) is 5.56 Å². The summed E-state index contributed by atoms with van der Waals surface area (Å²) in [5.41, 5.74) is 0.947. The van der Waals surface area contributed by atoms with Gasteiger partial charge in [-0.05, 0) is 55.0 Å². The molecular weight excluding hydrogens is 418 g/mol. The SMILES string of the molecule is COC1=CC(CC=O)C(CCCNCC(C)c2cc(OC)cc(OC)c2)(C(C)C)C(OC)=C1. The maximum absolute atomic E-state index is 11.5. The van der Waals surface area contributed by atoms with Gasteiger partial charge in [-0.15, -0.1) is 0 Å². The Labute approximate surface area is 199 Å². The first-order chi connectivity index (χ1) is 15.9. The third-order valence-electron chi connectivity index (χ3n) is 6.93. The molecule has 3 unspecified atom stereocenters. The topological polar surface area (TPSA) is 66.0 Å². The van der Waals surface area contributed by atoms with Gasteiger partial charge in [0.1, 0.15) is 29.3 Å². The highest BCUT2D eigenvalue weighted by Crippen LogP contribution is 2.51. The average molecular weight is 460 g/mol. The molecule has 1 aliphatic carbocycles. The molecule has 1 aromatic rings. The molecule has 0 aromatic heterocycles. The Morgan fingerprint density at radius 1 is 1.00 bits per heavy atom. The number of methoxy groups -OCH3 is 4. The van der Waals surface area contributed by atoms with Crippen LogP contribution in [0.2, 0.25) is 0 Å². The van der Waals surface area contributed by atoms with Gasteiger partial charge in [-0.2, -0.15) is 0 Å². The second kappa shape index (κ2) is 12.7. The Morgan fingerprint density at radius 2 is 1.67 bits per heavy atom. The number of benzene rings is 1. The highest BCUT2D eigenvalue weighted by Gasteiger charge is 2.46. The van der Waals surface area contributed by atoms with Crippen LogP contribution in [0.25, 0.3) is 0 Å². The van der Waals surface area contributed by atoms with Crippen LogP contribution in [-0.2, 0) is 14.3 Å². The van der Waals surface area contributed by atoms with E-state index in [2.05, 4.69) is 44.3 Å². The maximum Gasteiger partial charge on any atom is 0.122 e. The largest absolute Gasteiger partial charge is 0.500 e. The van der Waals surface area contributed by atoms with Crippen molar-refractivity contribution in [1.29, 1.82) is 0 Å². The first-order valence-electron chi connectivity index (χ1n) is 11.8. The average Bonchev–Trinajstić information content (AvgIpc) is 2.83. The Hall–Kier alpha value is -2.47. The van der Waals surface area contributed by atoms with Crippen molar-refractivity contribution in [2.45, 2.75) is 46.0 Å². The molecule has 6 heteroatoms. The van der Waals surface area contributed by atoms with Crippen LogP contribution >= 0.6 is 0 Å². The summed E-state index contributed by atoms with van der Waals surface area (Å²) >= 11 is 0. The second-order valence-electron chi connectivity index (χ2n) is 9.04. The molecule has 6 nitrogen and oxygen atoms in total. The fraction of sp³-hybridized carbons (Fsp3) is 0.593. The van der Waals surface area contributed by atoms with E-state index in [4.69, 9.17) is 18.9 Å². The number of hydrogen-bond acceptors (Lipinski definition) is 6. The molecule has 0 spiro atoms. The van der Waals surface area contributed by atoms with Gasteiger partial charge in [0, 0.05) is 36.4 Å². The number of carbonyl (C=O) groups is 1. The molecule has 0 saturated heterocycles. The molecule has 1 aromatic carbocycles. The van der Waals surface area contributed by atoms with Gasteiger partial charge in [0.05, 0.1) is 28.4 Å². The van der Waals surface area contributed by atoms with E-state index in [1.807, 2.05) is 12.1 Å². The van der Waals surface area contributed by atoms with Crippen LogP contribution in [0.3, 0.4) is 0 Å². The van der Waals surface area contributed by atoms with Gasteiger partial charge in [0.25, 0.3) is 0 Å². The van der Waals surface area contributed by atoms with E-state index in [9.17, 15) is 4.79 Å². The van der Waals surface area contributed by atoms with E-state index in [0.717, 1.165) is 55.2 Å². The van der Waals surface area contributed by atoms with Crippen LogP contribution in [0.5, 0.6) is 11.5 Å². The summed E-state index contributed by atoms with van der Waals surface area (Å²) in [5.74, 6) is 3.94. The predicted octanol–water partition coefficient (Wildman–Crippen LogP) is 5.10. The third kappa shape index (κ3) is 6.32. The number of allylic oxidation sites excluding steroid dienone is 3. The first-order valence-corrected chi connectivity index (χ1v) is 11.8. The van der Waals surface area contributed by atoms with Gasteiger partial charge in [0.2, 0.25) is 0 Å². The number of carbonyl (C=O) groups excluding carboxylic acids is 1. The van der Waals surface area contributed by atoms with Crippen LogP contribution in [0.4, 0.5) is 0 Å². The summed E-state index contributed by atoms with van der Waals surface area (Å²) in [6, 6.07) is 6.01. The molecule has 3 atom stereocenters. The minimum Gasteiger partial charge on any atom is -0.500 e. The van der Waals surface area contributed by atoms with Gasteiger partial charge in [-0.25, -0.2) is 0 Å². The Kier molecular flexibility index (Phi) is 10.3. The van der Waals surface area contributed by atoms with E-state index in [0.29, 0.717) is 18.3 Å². The minimum atomic E-state index is -0.231. The fourth-order valence-electron chi connectivity index (χ4n) is 4.97. The van der Waals surface area contributed by atoms with Gasteiger partial charge >= 0.3 is 0 Å². The molecule has 0 aliphatic heterocycles. The van der Waals surface area contributed by atoms with Gasteiger partial charge in [-0.3, -0.25) is 0 Å². The van der Waals surface area contributed by atoms with Gasteiger partial charge in [-0.1, -0.05) is 20.8 Å². The van der Waals surface area contributed by atoms with E-state index in [1.54, 1.807) is 28.4 Å². The molecule has 1 N–H and O–H groups in total. The van der Waals surface area contributed by atoms with Gasteiger partial charge in [0.15, 0.2) is 0 Å². The predicted molar refractivity (Wildman–Crippen MR) is 132 cm³/mol. The smallest absolute Gasteiger partial charge is 0.122 e. The molecule has 1 aliphatic rings. The van der Waals surface area contributed by atoms with Crippen LogP contribution in [0.15, 0.2) is 41.9 Å². The lowest BCUT2D eigenvalue weighted by Gasteiger charge is -2.45. The summed E-state index contributed by atoms with van der Waals surface area (Å²) in [7, 11) is 6.70. The van der Waals surface area contributed by atoms with E-state index >= 15 is 0 Å². The van der Waals surface area contributed by atoms with Crippen LogP contribution in [0.1, 0.15) is 51.5 Å².